The SMILES string of the molecule is CC(=O)c1ccc2nc(CN3CC=C(c4ccc(F)c(COc5ccc(Cl)cc5Cl)c4)C3)n(Cc3cnco3)c2c1. The van der Waals surface area contributed by atoms with Crippen LogP contribution in [0, 0.1) is 5.82 Å². The quantitative estimate of drug-likeness (QED) is 0.169. The first-order valence-corrected chi connectivity index (χ1v) is 13.7. The molecular weight excluding hydrogens is 566 g/mol. The van der Waals surface area contributed by atoms with Crippen molar-refractivity contribution in [2.75, 3.05) is 13.1 Å². The van der Waals surface area contributed by atoms with Crippen LogP contribution in [0.25, 0.3) is 16.6 Å². The van der Waals surface area contributed by atoms with Crippen molar-refractivity contribution in [2.24, 2.45) is 0 Å². The van der Waals surface area contributed by atoms with Gasteiger partial charge in [0.05, 0.1) is 35.3 Å². The van der Waals surface area contributed by atoms with Gasteiger partial charge in [0.25, 0.3) is 0 Å². The van der Waals surface area contributed by atoms with Gasteiger partial charge in [-0.3, -0.25) is 9.69 Å². The number of Topliss-reactive ketones (excluding diaryl/α,β-unsaturated/α-hetero) is 1. The summed E-state index contributed by atoms with van der Waals surface area (Å²) in [6.45, 7) is 3.98. The third-order valence-electron chi connectivity index (χ3n) is 7.08. The highest BCUT2D eigenvalue weighted by Crippen LogP contribution is 2.30. The molecule has 2 aromatic heterocycles. The summed E-state index contributed by atoms with van der Waals surface area (Å²) in [6, 6.07) is 15.5. The number of fused-ring (bicyclic) bond motifs is 1. The number of carbonyl (C=O) groups is 1. The van der Waals surface area contributed by atoms with E-state index in [0.717, 1.165) is 28.0 Å². The molecule has 10 heteroatoms. The van der Waals surface area contributed by atoms with Crippen molar-refractivity contribution in [3.8, 4) is 5.75 Å². The second-order valence-electron chi connectivity index (χ2n) is 9.91. The first-order chi connectivity index (χ1) is 19.8. The Morgan fingerprint density at radius 1 is 1.10 bits per heavy atom. The fourth-order valence-electron chi connectivity index (χ4n) is 4.94. The minimum absolute atomic E-state index is 0.00502. The van der Waals surface area contributed by atoms with Crippen molar-refractivity contribution in [1.29, 1.82) is 0 Å². The summed E-state index contributed by atoms with van der Waals surface area (Å²) in [5.41, 5.74) is 4.75. The van der Waals surface area contributed by atoms with Crippen LogP contribution in [0.15, 0.2) is 77.7 Å². The molecule has 6 rings (SSSR count). The number of imidazole rings is 1. The number of hydrogen-bond donors (Lipinski definition) is 0. The first kappa shape index (κ1) is 27.2. The number of hydrogen-bond acceptors (Lipinski definition) is 6. The van der Waals surface area contributed by atoms with Crippen molar-refractivity contribution in [2.45, 2.75) is 26.6 Å². The van der Waals surface area contributed by atoms with Gasteiger partial charge in [-0.2, -0.15) is 0 Å². The van der Waals surface area contributed by atoms with E-state index in [4.69, 9.17) is 37.3 Å². The van der Waals surface area contributed by atoms with E-state index in [9.17, 15) is 9.18 Å². The van der Waals surface area contributed by atoms with Crippen LogP contribution in [0.5, 0.6) is 5.75 Å². The Morgan fingerprint density at radius 2 is 1.98 bits per heavy atom. The van der Waals surface area contributed by atoms with E-state index in [-0.39, 0.29) is 18.2 Å². The lowest BCUT2D eigenvalue weighted by atomic mass is 10.0. The molecular formula is C31H25Cl2FN4O3. The Labute approximate surface area is 245 Å². The highest BCUT2D eigenvalue weighted by Gasteiger charge is 2.21. The number of halogens is 3. The maximum absolute atomic E-state index is 14.7. The summed E-state index contributed by atoms with van der Waals surface area (Å²) in [5, 5.41) is 0.873. The minimum Gasteiger partial charge on any atom is -0.487 e. The molecule has 41 heavy (non-hydrogen) atoms. The lowest BCUT2D eigenvalue weighted by Crippen LogP contribution is -2.23. The Morgan fingerprint density at radius 3 is 2.76 bits per heavy atom. The van der Waals surface area contributed by atoms with Crippen LogP contribution in [-0.2, 0) is 19.7 Å². The largest absolute Gasteiger partial charge is 0.487 e. The zero-order valence-corrected chi connectivity index (χ0v) is 23.6. The summed E-state index contributed by atoms with van der Waals surface area (Å²) in [5.74, 6) is 1.63. The van der Waals surface area contributed by atoms with Gasteiger partial charge in [0.2, 0.25) is 0 Å². The van der Waals surface area contributed by atoms with Crippen LogP contribution in [0.2, 0.25) is 10.0 Å². The van der Waals surface area contributed by atoms with Gasteiger partial charge in [-0.1, -0.05) is 35.3 Å². The average Bonchev–Trinajstić information content (AvgIpc) is 3.71. The van der Waals surface area contributed by atoms with Crippen LogP contribution in [-0.4, -0.2) is 38.3 Å². The van der Waals surface area contributed by atoms with Crippen LogP contribution in [0.4, 0.5) is 4.39 Å². The second-order valence-corrected chi connectivity index (χ2v) is 10.8. The monoisotopic (exact) mass is 590 g/mol. The number of oxazole rings is 1. The molecule has 0 atom stereocenters. The molecule has 1 aliphatic heterocycles. The molecule has 0 bridgehead atoms. The number of ether oxygens (including phenoxy) is 1. The summed E-state index contributed by atoms with van der Waals surface area (Å²) in [7, 11) is 0. The van der Waals surface area contributed by atoms with Gasteiger partial charge in [-0.25, -0.2) is 14.4 Å². The van der Waals surface area contributed by atoms with Crippen molar-refractivity contribution < 1.29 is 18.3 Å². The number of carbonyl (C=O) groups excluding carboxylic acids is 1. The number of rotatable bonds is 9. The molecule has 0 amide bonds. The molecule has 5 aromatic rings. The zero-order chi connectivity index (χ0) is 28.5. The predicted octanol–water partition coefficient (Wildman–Crippen LogP) is 7.20. The molecule has 0 unspecified atom stereocenters. The summed E-state index contributed by atoms with van der Waals surface area (Å²) < 4.78 is 28.0. The lowest BCUT2D eigenvalue weighted by Gasteiger charge is -2.17. The molecule has 0 spiro atoms. The first-order valence-electron chi connectivity index (χ1n) is 13.0. The van der Waals surface area contributed by atoms with Gasteiger partial charge >= 0.3 is 0 Å². The van der Waals surface area contributed by atoms with Crippen LogP contribution < -0.4 is 4.74 Å². The van der Waals surface area contributed by atoms with Gasteiger partial charge < -0.3 is 13.7 Å². The van der Waals surface area contributed by atoms with E-state index < -0.39 is 0 Å². The van der Waals surface area contributed by atoms with E-state index in [1.54, 1.807) is 43.5 Å². The molecule has 0 aliphatic carbocycles. The summed E-state index contributed by atoms with van der Waals surface area (Å²) in [4.78, 5) is 23.2. The molecule has 208 valence electrons. The number of aromatic nitrogens is 3. The topological polar surface area (TPSA) is 73.4 Å². The molecule has 3 aromatic carbocycles. The summed E-state index contributed by atoms with van der Waals surface area (Å²) >= 11 is 12.2. The molecule has 0 radical (unpaired) electrons. The van der Waals surface area contributed by atoms with E-state index in [1.807, 2.05) is 18.2 Å². The molecule has 1 aliphatic rings. The van der Waals surface area contributed by atoms with Crippen molar-refractivity contribution in [3.05, 3.63) is 117 Å². The fraction of sp³-hybridized carbons (Fsp3) is 0.194. The maximum atomic E-state index is 14.7. The maximum Gasteiger partial charge on any atom is 0.180 e. The van der Waals surface area contributed by atoms with Crippen LogP contribution in [0.1, 0.15) is 40.0 Å². The van der Waals surface area contributed by atoms with Crippen molar-refractivity contribution in [1.82, 2.24) is 19.4 Å². The van der Waals surface area contributed by atoms with E-state index in [0.29, 0.717) is 58.9 Å². The highest BCUT2D eigenvalue weighted by molar-refractivity contribution is 6.35. The number of benzene rings is 3. The third-order valence-corrected chi connectivity index (χ3v) is 7.61. The van der Waals surface area contributed by atoms with Gasteiger partial charge in [0.1, 0.15) is 29.8 Å². The molecule has 7 nitrogen and oxygen atoms in total. The van der Waals surface area contributed by atoms with Crippen molar-refractivity contribution in [3.63, 3.8) is 0 Å². The average molecular weight is 591 g/mol. The number of ketones is 1. The Hall–Kier alpha value is -3.98. The van der Waals surface area contributed by atoms with Gasteiger partial charge in [-0.15, -0.1) is 0 Å². The highest BCUT2D eigenvalue weighted by atomic mass is 35.5. The molecule has 0 saturated heterocycles. The normalized spacial score (nSPS) is 13.6. The van der Waals surface area contributed by atoms with Crippen LogP contribution in [0.3, 0.4) is 0 Å². The predicted molar refractivity (Wildman–Crippen MR) is 156 cm³/mol. The Bertz CT molecular complexity index is 1780. The third kappa shape index (κ3) is 5.91. The number of nitrogens with zero attached hydrogens (tertiary/aromatic N) is 4. The van der Waals surface area contributed by atoms with Gasteiger partial charge in [0.15, 0.2) is 12.2 Å². The molecule has 3 heterocycles. The summed E-state index contributed by atoms with van der Waals surface area (Å²) in [6.07, 6.45) is 5.22. The standard InChI is InChI=1S/C31H25Cl2FN4O3/c1-19(39)20-3-6-28-29(11-20)38(15-25-13-35-18-41-25)31(36-28)16-37-9-8-22(14-37)21-2-5-27(34)23(10-21)17-40-30-7-4-24(32)12-26(30)33/h2-8,10-13,18H,9,14-17H2,1H3. The fourth-order valence-corrected chi connectivity index (χ4v) is 5.40. The van der Waals surface area contributed by atoms with Crippen LogP contribution >= 0.6 is 23.2 Å². The van der Waals surface area contributed by atoms with E-state index in [2.05, 4.69) is 20.5 Å². The minimum atomic E-state index is -0.347. The van der Waals surface area contributed by atoms with Gasteiger partial charge in [-0.05, 0) is 66.6 Å². The smallest absolute Gasteiger partial charge is 0.180 e. The molecule has 0 fully saturated rings. The Balaban J connectivity index is 1.19. The van der Waals surface area contributed by atoms with Crippen molar-refractivity contribution >= 4 is 45.6 Å². The van der Waals surface area contributed by atoms with E-state index >= 15 is 0 Å². The van der Waals surface area contributed by atoms with Gasteiger partial charge in [0, 0.05) is 29.2 Å². The Kier molecular flexibility index (Phi) is 7.62. The van der Waals surface area contributed by atoms with E-state index in [1.165, 1.54) is 12.5 Å². The zero-order valence-electron chi connectivity index (χ0n) is 22.1. The molecule has 0 N–H and O–H groups in total. The lowest BCUT2D eigenvalue weighted by molar-refractivity contribution is 0.101. The molecule has 0 saturated carbocycles. The second kappa shape index (κ2) is 11.5.